The number of rotatable bonds is 5. The number of benzene rings is 1. The molecule has 0 saturated heterocycles. The Morgan fingerprint density at radius 1 is 1.35 bits per heavy atom. The summed E-state index contributed by atoms with van der Waals surface area (Å²) in [6, 6.07) is 6.49. The van der Waals surface area contributed by atoms with E-state index in [4.69, 9.17) is 10.5 Å². The van der Waals surface area contributed by atoms with Crippen molar-refractivity contribution in [2.45, 2.75) is 6.92 Å². The standard InChI is InChI=1S/C12H13N5O3/c1-7-14-11(17-16-7)12(19)15-8-2-4-9(5-3-8)20-6-10(13)18/h2-5H,6H2,1H3,(H2,13,18)(H,15,19)(H,14,16,17). The Balaban J connectivity index is 1.96. The summed E-state index contributed by atoms with van der Waals surface area (Å²) in [6.07, 6.45) is 0. The molecular weight excluding hydrogens is 262 g/mol. The molecule has 0 fully saturated rings. The van der Waals surface area contributed by atoms with Crippen LogP contribution in [0.3, 0.4) is 0 Å². The summed E-state index contributed by atoms with van der Waals surface area (Å²) < 4.78 is 5.10. The zero-order chi connectivity index (χ0) is 14.5. The van der Waals surface area contributed by atoms with E-state index in [9.17, 15) is 9.59 Å². The van der Waals surface area contributed by atoms with E-state index in [1.807, 2.05) is 0 Å². The van der Waals surface area contributed by atoms with Crippen LogP contribution in [-0.4, -0.2) is 33.6 Å². The molecule has 0 atom stereocenters. The first kappa shape index (κ1) is 13.5. The number of nitrogens with two attached hydrogens (primary N) is 1. The van der Waals surface area contributed by atoms with E-state index < -0.39 is 11.8 Å². The monoisotopic (exact) mass is 275 g/mol. The van der Waals surface area contributed by atoms with Gasteiger partial charge in [0.1, 0.15) is 11.6 Å². The molecule has 1 aromatic carbocycles. The van der Waals surface area contributed by atoms with Gasteiger partial charge in [-0.3, -0.25) is 14.7 Å². The zero-order valence-corrected chi connectivity index (χ0v) is 10.7. The lowest BCUT2D eigenvalue weighted by molar-refractivity contribution is -0.119. The van der Waals surface area contributed by atoms with Crippen LogP contribution in [0, 0.1) is 6.92 Å². The third-order valence-electron chi connectivity index (χ3n) is 2.29. The van der Waals surface area contributed by atoms with Gasteiger partial charge in [0, 0.05) is 5.69 Å². The highest BCUT2D eigenvalue weighted by molar-refractivity contribution is 6.01. The minimum Gasteiger partial charge on any atom is -0.484 e. The SMILES string of the molecule is Cc1nc(C(=O)Nc2ccc(OCC(N)=O)cc2)n[nH]1. The van der Waals surface area contributed by atoms with Gasteiger partial charge in [-0.15, -0.1) is 5.10 Å². The van der Waals surface area contributed by atoms with Crippen LogP contribution < -0.4 is 15.8 Å². The lowest BCUT2D eigenvalue weighted by atomic mass is 10.3. The number of ether oxygens (including phenoxy) is 1. The molecule has 0 aliphatic rings. The molecule has 8 nitrogen and oxygen atoms in total. The number of aromatic amines is 1. The predicted molar refractivity (Wildman–Crippen MR) is 70.2 cm³/mol. The number of carbonyl (C=O) groups excluding carboxylic acids is 2. The molecule has 0 aliphatic carbocycles. The maximum atomic E-state index is 11.8. The van der Waals surface area contributed by atoms with Crippen molar-refractivity contribution in [3.8, 4) is 5.75 Å². The molecule has 2 amide bonds. The van der Waals surface area contributed by atoms with Crippen LogP contribution in [0.1, 0.15) is 16.4 Å². The number of nitrogens with one attached hydrogen (secondary N) is 2. The number of hydrogen-bond acceptors (Lipinski definition) is 5. The quantitative estimate of drug-likeness (QED) is 0.720. The molecule has 2 aromatic rings. The van der Waals surface area contributed by atoms with Gasteiger partial charge in [-0.25, -0.2) is 4.98 Å². The average Bonchev–Trinajstić information content (AvgIpc) is 2.85. The Hall–Kier alpha value is -2.90. The molecule has 0 unspecified atom stereocenters. The lowest BCUT2D eigenvalue weighted by Gasteiger charge is -2.05. The van der Waals surface area contributed by atoms with E-state index in [0.717, 1.165) is 0 Å². The number of aryl methyl sites for hydroxylation is 1. The lowest BCUT2D eigenvalue weighted by Crippen LogP contribution is -2.20. The molecule has 104 valence electrons. The third kappa shape index (κ3) is 3.55. The van der Waals surface area contributed by atoms with Gasteiger partial charge in [-0.1, -0.05) is 0 Å². The van der Waals surface area contributed by atoms with Crippen LogP contribution in [-0.2, 0) is 4.79 Å². The summed E-state index contributed by atoms with van der Waals surface area (Å²) in [5, 5.41) is 8.97. The number of carbonyl (C=O) groups is 2. The van der Waals surface area contributed by atoms with Crippen molar-refractivity contribution in [1.82, 2.24) is 15.2 Å². The van der Waals surface area contributed by atoms with E-state index in [1.54, 1.807) is 31.2 Å². The predicted octanol–water partition coefficient (Wildman–Crippen LogP) is 0.230. The molecule has 1 heterocycles. The molecule has 0 bridgehead atoms. The Bertz CT molecular complexity index is 620. The fourth-order valence-corrected chi connectivity index (χ4v) is 1.42. The molecule has 20 heavy (non-hydrogen) atoms. The van der Waals surface area contributed by atoms with Crippen LogP contribution in [0.25, 0.3) is 0 Å². The van der Waals surface area contributed by atoms with Gasteiger partial charge in [0.15, 0.2) is 6.61 Å². The van der Waals surface area contributed by atoms with Crippen LogP contribution in [0.5, 0.6) is 5.75 Å². The van der Waals surface area contributed by atoms with Crippen molar-refractivity contribution in [3.05, 3.63) is 35.9 Å². The van der Waals surface area contributed by atoms with Gasteiger partial charge in [0.2, 0.25) is 5.82 Å². The second-order valence-electron chi connectivity index (χ2n) is 3.98. The number of nitrogens with zero attached hydrogens (tertiary/aromatic N) is 2. The summed E-state index contributed by atoms with van der Waals surface area (Å²) in [4.78, 5) is 26.3. The van der Waals surface area contributed by atoms with Crippen LogP contribution >= 0.6 is 0 Å². The molecule has 0 aliphatic heterocycles. The van der Waals surface area contributed by atoms with Gasteiger partial charge in [0.05, 0.1) is 0 Å². The van der Waals surface area contributed by atoms with Crippen LogP contribution in [0.2, 0.25) is 0 Å². The highest BCUT2D eigenvalue weighted by Gasteiger charge is 2.11. The van der Waals surface area contributed by atoms with E-state index >= 15 is 0 Å². The molecular formula is C12H13N5O3. The Kier molecular flexibility index (Phi) is 3.94. The molecule has 4 N–H and O–H groups in total. The van der Waals surface area contributed by atoms with E-state index in [2.05, 4.69) is 20.5 Å². The summed E-state index contributed by atoms with van der Waals surface area (Å²) in [6.45, 7) is 1.51. The topological polar surface area (TPSA) is 123 Å². The summed E-state index contributed by atoms with van der Waals surface area (Å²) in [7, 11) is 0. The van der Waals surface area contributed by atoms with Crippen molar-refractivity contribution in [3.63, 3.8) is 0 Å². The van der Waals surface area contributed by atoms with Crippen molar-refractivity contribution in [1.29, 1.82) is 0 Å². The first-order valence-electron chi connectivity index (χ1n) is 5.76. The van der Waals surface area contributed by atoms with Gasteiger partial charge in [-0.05, 0) is 31.2 Å². The van der Waals surface area contributed by atoms with E-state index in [-0.39, 0.29) is 12.4 Å². The van der Waals surface area contributed by atoms with Gasteiger partial charge >= 0.3 is 0 Å². The molecule has 1 aromatic heterocycles. The summed E-state index contributed by atoms with van der Waals surface area (Å²) >= 11 is 0. The fraction of sp³-hybridized carbons (Fsp3) is 0.167. The highest BCUT2D eigenvalue weighted by Crippen LogP contribution is 2.15. The molecule has 0 radical (unpaired) electrons. The van der Waals surface area contributed by atoms with Crippen molar-refractivity contribution in [2.75, 3.05) is 11.9 Å². The van der Waals surface area contributed by atoms with E-state index in [0.29, 0.717) is 17.3 Å². The minimum atomic E-state index is -0.553. The first-order valence-corrected chi connectivity index (χ1v) is 5.76. The number of amides is 2. The van der Waals surface area contributed by atoms with Gasteiger partial charge < -0.3 is 15.8 Å². The van der Waals surface area contributed by atoms with Crippen LogP contribution in [0.15, 0.2) is 24.3 Å². The largest absolute Gasteiger partial charge is 0.484 e. The second kappa shape index (κ2) is 5.83. The van der Waals surface area contributed by atoms with Crippen molar-refractivity contribution < 1.29 is 14.3 Å². The summed E-state index contributed by atoms with van der Waals surface area (Å²) in [5.74, 6) is 0.139. The number of H-pyrrole nitrogens is 1. The molecule has 2 rings (SSSR count). The number of anilines is 1. The second-order valence-corrected chi connectivity index (χ2v) is 3.98. The maximum Gasteiger partial charge on any atom is 0.295 e. The highest BCUT2D eigenvalue weighted by atomic mass is 16.5. The zero-order valence-electron chi connectivity index (χ0n) is 10.7. The normalized spacial score (nSPS) is 10.1. The fourth-order valence-electron chi connectivity index (χ4n) is 1.42. The molecule has 8 heteroatoms. The Labute approximate surface area is 114 Å². The number of aromatic nitrogens is 3. The van der Waals surface area contributed by atoms with E-state index in [1.165, 1.54) is 0 Å². The van der Waals surface area contributed by atoms with Crippen LogP contribution in [0.4, 0.5) is 5.69 Å². The van der Waals surface area contributed by atoms with Gasteiger partial charge in [0.25, 0.3) is 11.8 Å². The summed E-state index contributed by atoms with van der Waals surface area (Å²) in [5.41, 5.74) is 5.52. The Morgan fingerprint density at radius 2 is 2.05 bits per heavy atom. The minimum absolute atomic E-state index is 0.0663. The van der Waals surface area contributed by atoms with Gasteiger partial charge in [-0.2, -0.15) is 0 Å². The third-order valence-corrected chi connectivity index (χ3v) is 2.29. The van der Waals surface area contributed by atoms with Crippen molar-refractivity contribution >= 4 is 17.5 Å². The number of primary amides is 1. The molecule has 0 spiro atoms. The first-order chi connectivity index (χ1) is 9.54. The van der Waals surface area contributed by atoms with Crippen molar-refractivity contribution in [2.24, 2.45) is 5.73 Å². The maximum absolute atomic E-state index is 11.8. The Morgan fingerprint density at radius 3 is 2.60 bits per heavy atom. The number of hydrogen-bond donors (Lipinski definition) is 3. The molecule has 0 saturated carbocycles. The average molecular weight is 275 g/mol. The smallest absolute Gasteiger partial charge is 0.295 e.